The number of rotatable bonds is 27. The fourth-order valence-corrected chi connectivity index (χ4v) is 14.2. The monoisotopic (exact) mass is 1610 g/mol. The molecule has 636 valence electrons. The van der Waals surface area contributed by atoms with E-state index in [1.165, 1.54) is 13.8 Å². The Labute approximate surface area is 624 Å². The first kappa shape index (κ1) is 90.2. The summed E-state index contributed by atoms with van der Waals surface area (Å²) in [6, 6.07) is -7.43. The number of nitrogens with one attached hydrogen (secondary N) is 4. The lowest BCUT2D eigenvalue weighted by Crippen LogP contribution is -2.72. The Morgan fingerprint density at radius 3 is 1.11 bits per heavy atom. The SMILES string of the molecule is CC(=O)N[C@@H]1[C@@H](O)[C@H](O[C@@H]2O[C@H](CO)[C@@H](O[C@@H]3O[C@H](CO[C@H]4O[C@H](CO)[C@@H](O)[C@H](O)[C@@H]4O)[C@@H](O)[C@H](O[C@H]4O[C@H](CO)[C@@H](O)[C@H](O)[C@@H]4O[C@@H]4O[C@H](CO)[C@@H](O[C@@H]5O[C@H](CO)[C@H](O)[C@H](O)[C@H]5NC(C)=O)[C@H](O[C@@H]5O[C@@H](C)[C@@H](O)[C@@H](O)[C@@H]5O)[C@H]4NC(C)=O)[C@@H]3O)[C@H](O)[C@H]2NC(C)=O)[C@@H](CO[C@@H]2O[C@@H](C)[C@@H](O)[C@@H](O)[C@@H]2O)O[C@H]1O. The highest BCUT2D eigenvalue weighted by Crippen LogP contribution is 2.40. The van der Waals surface area contributed by atoms with Crippen LogP contribution in [0.25, 0.3) is 0 Å². The zero-order chi connectivity index (χ0) is 81.1. The van der Waals surface area contributed by atoms with E-state index >= 15 is 0 Å². The van der Waals surface area contributed by atoms with Crippen molar-refractivity contribution in [2.24, 2.45) is 0 Å². The van der Waals surface area contributed by atoms with Gasteiger partial charge in [0.2, 0.25) is 23.6 Å². The Morgan fingerprint density at radius 2 is 0.582 bits per heavy atom. The van der Waals surface area contributed by atoms with E-state index < -0.39 is 346 Å². The number of amides is 4. The van der Waals surface area contributed by atoms with Gasteiger partial charge in [-0.3, -0.25) is 19.2 Å². The van der Waals surface area contributed by atoms with Gasteiger partial charge in [0.25, 0.3) is 0 Å². The number of hydrogen-bond donors (Lipinski definition) is 27. The summed E-state index contributed by atoms with van der Waals surface area (Å²) in [4.78, 5) is 51.6. The molecule has 0 aliphatic carbocycles. The average molecular weight is 1610 g/mol. The van der Waals surface area contributed by atoms with Gasteiger partial charge in [-0.2, -0.15) is 0 Å². The largest absolute Gasteiger partial charge is 0.394 e. The van der Waals surface area contributed by atoms with Crippen LogP contribution in [-0.4, -0.2) is 463 Å². The fourth-order valence-electron chi connectivity index (χ4n) is 14.2. The first-order chi connectivity index (χ1) is 51.9. The first-order valence-corrected chi connectivity index (χ1v) is 35.3. The Kier molecular flexibility index (Phi) is 32.0. The minimum absolute atomic E-state index is 0.817. The molecule has 0 bridgehead atoms. The van der Waals surface area contributed by atoms with Crippen molar-refractivity contribution in [1.29, 1.82) is 0 Å². The van der Waals surface area contributed by atoms with Gasteiger partial charge >= 0.3 is 0 Å². The van der Waals surface area contributed by atoms with Crippen LogP contribution in [0.4, 0.5) is 0 Å². The number of carbonyl (C=O) groups excluding carboxylic acids is 4. The molecule has 9 rings (SSSR count). The maximum Gasteiger partial charge on any atom is 0.217 e. The van der Waals surface area contributed by atoms with Gasteiger partial charge in [-0.05, 0) is 13.8 Å². The number of carbonyl (C=O) groups is 4. The molecule has 0 spiro atoms. The highest BCUT2D eigenvalue weighted by Gasteiger charge is 2.61. The molecule has 9 heterocycles. The summed E-state index contributed by atoms with van der Waals surface area (Å²) < 4.78 is 102. The molecule has 45 atom stereocenters. The van der Waals surface area contributed by atoms with Crippen molar-refractivity contribution in [3.8, 4) is 0 Å². The van der Waals surface area contributed by atoms with Gasteiger partial charge < -0.3 is 219 Å². The van der Waals surface area contributed by atoms with Gasteiger partial charge in [-0.15, -0.1) is 0 Å². The zero-order valence-corrected chi connectivity index (χ0v) is 59.8. The lowest BCUT2D eigenvalue weighted by Gasteiger charge is -2.52. The van der Waals surface area contributed by atoms with E-state index in [2.05, 4.69) is 21.3 Å². The molecule has 0 aromatic carbocycles. The predicted molar refractivity (Wildman–Crippen MR) is 341 cm³/mol. The number of hydrogen-bond acceptors (Lipinski definition) is 44. The summed E-state index contributed by atoms with van der Waals surface area (Å²) in [5.41, 5.74) is 0. The molecular formula is C62H104N4O44. The molecule has 0 radical (unpaired) electrons. The molecule has 0 unspecified atom stereocenters. The lowest BCUT2D eigenvalue weighted by molar-refractivity contribution is -0.401. The molecule has 9 aliphatic heterocycles. The van der Waals surface area contributed by atoms with Gasteiger partial charge in [-0.1, -0.05) is 0 Å². The van der Waals surface area contributed by atoms with E-state index in [0.29, 0.717) is 0 Å². The van der Waals surface area contributed by atoms with E-state index in [0.717, 1.165) is 27.7 Å². The molecule has 27 N–H and O–H groups in total. The maximum absolute atomic E-state index is 13.5. The Hall–Kier alpha value is -3.72. The van der Waals surface area contributed by atoms with Crippen LogP contribution in [0.1, 0.15) is 41.5 Å². The molecule has 0 aromatic rings. The van der Waals surface area contributed by atoms with E-state index in [4.69, 9.17) is 80.5 Å². The minimum Gasteiger partial charge on any atom is -0.394 e. The third-order valence-corrected chi connectivity index (χ3v) is 20.3. The summed E-state index contributed by atoms with van der Waals surface area (Å²) >= 11 is 0. The number of ether oxygens (including phenoxy) is 17. The first-order valence-electron chi connectivity index (χ1n) is 35.3. The van der Waals surface area contributed by atoms with Crippen molar-refractivity contribution in [1.82, 2.24) is 21.3 Å². The summed E-state index contributed by atoms with van der Waals surface area (Å²) in [7, 11) is 0. The van der Waals surface area contributed by atoms with Crippen LogP contribution in [0.5, 0.6) is 0 Å². The standard InChI is InChI=1S/C62H104N4O44/c1-14-31(76)40(85)44(89)58(96-14)95-13-26-49(38(83)27(54(93)98-26)63-16(3)72)105-56-29(65-18(5)74)39(84)48(23(10-70)102-56)106-61-47(92)52(36(81)25(104-61)12-94-59-45(90)42(87)34(79)21(8-68)100-59)109-62-53(43(88)35(80)22(9-69)101-62)110-57-30(66-19(6)75)51(108-60-46(91)41(86)32(77)15(2)97-60)50(24(11-71)103-57)107-55-28(64-17(4)73)37(82)33(78)20(7-67)99-55/h14-15,20-62,67-71,76-93H,7-13H2,1-6H3,(H,63,72)(H,64,73)(H,65,74)(H,66,75)/t14-,15-,20+,21+,22+,23+,24+,25+,26+,27+,28+,29+,30+,31+,32+,33-,34+,35+,36+,37+,38+,39+,40+,41+,42-,43-,44-,45-,46-,47-,48+,49+,50+,51+,52-,53-,54+,55-,56-,57-,58+,59-,60-,61-,62+/m0/s1. The molecule has 0 aromatic heterocycles. The van der Waals surface area contributed by atoms with Crippen molar-refractivity contribution >= 4 is 23.6 Å². The van der Waals surface area contributed by atoms with Crippen LogP contribution >= 0.6 is 0 Å². The van der Waals surface area contributed by atoms with Crippen LogP contribution in [0, 0.1) is 0 Å². The van der Waals surface area contributed by atoms with Gasteiger partial charge in [0.15, 0.2) is 56.6 Å². The second-order valence-corrected chi connectivity index (χ2v) is 28.2. The molecule has 9 aliphatic rings. The van der Waals surface area contributed by atoms with E-state index in [9.17, 15) is 137 Å². The molecule has 9 fully saturated rings. The van der Waals surface area contributed by atoms with Crippen LogP contribution in [0.3, 0.4) is 0 Å². The van der Waals surface area contributed by atoms with Crippen molar-refractivity contribution in [2.45, 2.75) is 318 Å². The van der Waals surface area contributed by atoms with Crippen LogP contribution in [0.2, 0.25) is 0 Å². The van der Waals surface area contributed by atoms with Crippen molar-refractivity contribution in [2.75, 3.05) is 46.2 Å². The maximum atomic E-state index is 13.5. The van der Waals surface area contributed by atoms with E-state index in [1.807, 2.05) is 0 Å². The van der Waals surface area contributed by atoms with Gasteiger partial charge in [0.05, 0.1) is 58.5 Å². The van der Waals surface area contributed by atoms with Gasteiger partial charge in [0, 0.05) is 27.7 Å². The third kappa shape index (κ3) is 19.9. The lowest BCUT2D eigenvalue weighted by atomic mass is 9.93. The van der Waals surface area contributed by atoms with Crippen molar-refractivity contribution in [3.05, 3.63) is 0 Å². The highest BCUT2D eigenvalue weighted by molar-refractivity contribution is 5.74. The zero-order valence-electron chi connectivity index (χ0n) is 59.8. The van der Waals surface area contributed by atoms with Gasteiger partial charge in [0.1, 0.15) is 207 Å². The van der Waals surface area contributed by atoms with Crippen molar-refractivity contribution in [3.63, 3.8) is 0 Å². The second kappa shape index (κ2) is 39.0. The van der Waals surface area contributed by atoms with Crippen LogP contribution in [0.15, 0.2) is 0 Å². The minimum atomic E-state index is -2.54. The third-order valence-electron chi connectivity index (χ3n) is 20.3. The second-order valence-electron chi connectivity index (χ2n) is 28.2. The van der Waals surface area contributed by atoms with Crippen molar-refractivity contribution < 1.29 is 217 Å². The van der Waals surface area contributed by atoms with E-state index in [-0.39, 0.29) is 0 Å². The Balaban J connectivity index is 1.06. The Morgan fingerprint density at radius 1 is 0.255 bits per heavy atom. The molecule has 4 amide bonds. The number of aliphatic hydroxyl groups is 23. The summed E-state index contributed by atoms with van der Waals surface area (Å²) in [5, 5.41) is 266. The van der Waals surface area contributed by atoms with Crippen LogP contribution in [-0.2, 0) is 99.7 Å². The Bertz CT molecular complexity index is 2930. The quantitative estimate of drug-likeness (QED) is 0.0363. The summed E-state index contributed by atoms with van der Waals surface area (Å²) in [6.45, 7) is -0.963. The molecule has 110 heavy (non-hydrogen) atoms. The normalized spacial score (nSPS) is 49.6. The average Bonchev–Trinajstić information content (AvgIpc) is 0.757. The fraction of sp³-hybridized carbons (Fsp3) is 0.935. The topological polar surface area (TPSA) is 739 Å². The molecular weight excluding hydrogens is 1500 g/mol. The summed E-state index contributed by atoms with van der Waals surface area (Å²) in [6.07, 6.45) is -82.3. The van der Waals surface area contributed by atoms with E-state index in [1.54, 1.807) is 0 Å². The smallest absolute Gasteiger partial charge is 0.217 e. The molecule has 9 saturated heterocycles. The number of aliphatic hydroxyl groups excluding tert-OH is 23. The highest BCUT2D eigenvalue weighted by atomic mass is 16.8. The molecule has 48 nitrogen and oxygen atoms in total. The van der Waals surface area contributed by atoms with Gasteiger partial charge in [-0.25, -0.2) is 0 Å². The van der Waals surface area contributed by atoms with Crippen LogP contribution < -0.4 is 21.3 Å². The molecule has 48 heteroatoms. The summed E-state index contributed by atoms with van der Waals surface area (Å²) in [5.74, 6) is -3.60. The predicted octanol–water partition coefficient (Wildman–Crippen LogP) is -18.0. The molecule has 0 saturated carbocycles.